The first-order valence-corrected chi connectivity index (χ1v) is 42.8. The fraction of sp³-hybridized carbons (Fsp3) is 0.281. The maximum Gasteiger partial charge on any atom is 0.227 e. The lowest BCUT2D eigenvalue weighted by Gasteiger charge is -2.36. The number of nitrogens with two attached hydrogens (primary N) is 1. The summed E-state index contributed by atoms with van der Waals surface area (Å²) in [4.78, 5) is 65.3. The molecule has 0 bridgehead atoms. The minimum atomic E-state index is 0.457. The Kier molecular flexibility index (Phi) is 26.9. The first kappa shape index (κ1) is 84.9. The van der Waals surface area contributed by atoms with E-state index in [1.807, 2.05) is 106 Å². The molecule has 11 N–H and O–H groups in total. The van der Waals surface area contributed by atoms with Crippen LogP contribution in [0.25, 0.3) is 45.0 Å². The maximum atomic E-state index is 6.21. The maximum absolute atomic E-state index is 6.21. The second-order valence-electron chi connectivity index (χ2n) is 31.1. The van der Waals surface area contributed by atoms with E-state index in [1.54, 1.807) is 18.5 Å². The second-order valence-corrected chi connectivity index (χ2v) is 34.4. The fourth-order valence-corrected chi connectivity index (χ4v) is 16.7. The van der Waals surface area contributed by atoms with Crippen LogP contribution >= 0.6 is 83.7 Å². The van der Waals surface area contributed by atoms with Crippen molar-refractivity contribution in [2.75, 3.05) is 114 Å². The molecule has 0 unspecified atom stereocenters. The number of benzene rings is 4. The highest BCUT2D eigenvalue weighted by Gasteiger charge is 2.28. The minimum absolute atomic E-state index is 0.457. The monoisotopic (exact) mass is 1740 g/mol. The van der Waals surface area contributed by atoms with Crippen LogP contribution < -0.4 is 58.5 Å². The number of aryl methyl sites for hydroxylation is 4. The predicted molar refractivity (Wildman–Crippen MR) is 509 cm³/mol. The van der Waals surface area contributed by atoms with Gasteiger partial charge in [-0.3, -0.25) is 9.97 Å². The van der Waals surface area contributed by atoms with Gasteiger partial charge in [0.1, 0.15) is 11.6 Å². The fourth-order valence-electron chi connectivity index (χ4n) is 15.1. The van der Waals surface area contributed by atoms with E-state index < -0.39 is 0 Å². The number of likely N-dealkylation sites (N-methyl/N-ethyl adjacent to an activating group) is 1. The second kappa shape index (κ2) is 38.3. The molecule has 618 valence electrons. The molecule has 8 aromatic heterocycles. The highest BCUT2D eigenvalue weighted by molar-refractivity contribution is 7.81. The molecule has 0 radical (unpaired) electrons. The molecule has 6 aliphatic heterocycles. The van der Waals surface area contributed by atoms with Crippen LogP contribution in [0.5, 0.6) is 0 Å². The molecule has 4 aromatic carbocycles. The van der Waals surface area contributed by atoms with Crippen molar-refractivity contribution in [3.8, 4) is 45.0 Å². The van der Waals surface area contributed by atoms with Crippen molar-refractivity contribution in [2.24, 2.45) is 5.92 Å². The van der Waals surface area contributed by atoms with Gasteiger partial charge in [0.2, 0.25) is 23.8 Å². The molecular weight excluding hydrogens is 1650 g/mol. The molecular formula is C89H92Cl3N25S4. The Bertz CT molecular complexity index is 5920. The summed E-state index contributed by atoms with van der Waals surface area (Å²) >= 11 is 40.4. The van der Waals surface area contributed by atoms with E-state index in [1.165, 1.54) is 24.0 Å². The summed E-state index contributed by atoms with van der Waals surface area (Å²) in [5, 5.41) is 31.7. The van der Waals surface area contributed by atoms with Gasteiger partial charge >= 0.3 is 0 Å². The minimum Gasteiger partial charge on any atom is -0.384 e. The lowest BCUT2D eigenvalue weighted by Crippen LogP contribution is -2.42. The van der Waals surface area contributed by atoms with Crippen molar-refractivity contribution in [3.63, 3.8) is 0 Å². The number of halogens is 3. The Morgan fingerprint density at radius 1 is 0.446 bits per heavy atom. The molecule has 0 atom stereocenters. The number of nitrogens with zero attached hydrogens (tertiary/aromatic N) is 15. The van der Waals surface area contributed by atoms with Crippen molar-refractivity contribution in [1.29, 1.82) is 0 Å². The van der Waals surface area contributed by atoms with E-state index in [4.69, 9.17) is 114 Å². The molecule has 2 fully saturated rings. The molecule has 121 heavy (non-hydrogen) atoms. The molecule has 18 rings (SSSR count). The van der Waals surface area contributed by atoms with Crippen LogP contribution in [0, 0.1) is 33.6 Å². The average Bonchev–Trinajstić information content (AvgIpc) is 1.73. The Morgan fingerprint density at radius 2 is 0.893 bits per heavy atom. The van der Waals surface area contributed by atoms with Crippen LogP contribution in [0.1, 0.15) is 81.8 Å². The topological polar surface area (TPSA) is 299 Å². The Morgan fingerprint density at radius 3 is 1.34 bits per heavy atom. The molecule has 0 aliphatic carbocycles. The highest BCUT2D eigenvalue weighted by Crippen LogP contribution is 2.41. The lowest BCUT2D eigenvalue weighted by atomic mass is 9.93. The number of thiocarbonyl (C=S) groups is 4. The van der Waals surface area contributed by atoms with Gasteiger partial charge in [0, 0.05) is 170 Å². The molecule has 2 saturated heterocycles. The number of hydrogen-bond acceptors (Lipinski definition) is 25. The third-order valence-electron chi connectivity index (χ3n) is 21.6. The number of anilines is 14. The average molecular weight is 1750 g/mol. The SMILES string of the molecule is Cc1ccc2c(c1)NC(=S)Cc1cnc(Nc3ccc(CC4CCNCC4)nc3C)nc1-2.Cc1nc(N2CCC(N(C)C)CC2)ccc1Nc1ncc2c(n1)-c1ccc(Cl)cc1NC(=S)C2.Cc1ncc(CCN(C)C)cc1Nc1ncc2c(n1)-c1ccc(Cl)cc1NC(=S)C2.Nc1ccc(Nc2ncc3c(n2)-c2ccc(Cl)cc2NC(=S)C3)cn1. The van der Waals surface area contributed by atoms with E-state index in [0.717, 1.165) is 221 Å². The number of pyridine rings is 4. The van der Waals surface area contributed by atoms with Crippen LogP contribution in [-0.2, 0) is 38.5 Å². The molecule has 32 heteroatoms. The van der Waals surface area contributed by atoms with Crippen molar-refractivity contribution < 1.29 is 0 Å². The third-order valence-corrected chi connectivity index (χ3v) is 23.3. The molecule has 0 spiro atoms. The number of nitrogens with one attached hydrogen (secondary N) is 9. The van der Waals surface area contributed by atoms with Crippen LogP contribution in [0.4, 0.5) is 80.9 Å². The summed E-state index contributed by atoms with van der Waals surface area (Å²) in [6.07, 6.45) is 20.0. The zero-order valence-corrected chi connectivity index (χ0v) is 73.8. The van der Waals surface area contributed by atoms with E-state index in [0.29, 0.717) is 81.4 Å². The summed E-state index contributed by atoms with van der Waals surface area (Å²) in [5.41, 5.74) is 30.2. The van der Waals surface area contributed by atoms with Gasteiger partial charge < -0.3 is 68.3 Å². The van der Waals surface area contributed by atoms with Crippen LogP contribution in [0.2, 0.25) is 15.1 Å². The molecule has 0 amide bonds. The number of piperidine rings is 2. The Hall–Kier alpha value is -11.1. The van der Waals surface area contributed by atoms with Crippen molar-refractivity contribution in [3.05, 3.63) is 224 Å². The first-order chi connectivity index (χ1) is 58.4. The quantitative estimate of drug-likeness (QED) is 0.0427. The largest absolute Gasteiger partial charge is 0.384 e. The zero-order valence-electron chi connectivity index (χ0n) is 68.2. The highest BCUT2D eigenvalue weighted by atomic mass is 35.5. The smallest absolute Gasteiger partial charge is 0.227 e. The number of hydrogen-bond donors (Lipinski definition) is 10. The van der Waals surface area contributed by atoms with Crippen LogP contribution in [-0.4, -0.2) is 157 Å². The number of rotatable bonds is 15. The van der Waals surface area contributed by atoms with E-state index in [9.17, 15) is 0 Å². The van der Waals surface area contributed by atoms with E-state index >= 15 is 0 Å². The van der Waals surface area contributed by atoms with Crippen molar-refractivity contribution >= 4 is 185 Å². The Balaban J connectivity index is 0.000000126. The van der Waals surface area contributed by atoms with Gasteiger partial charge in [0.05, 0.1) is 88.8 Å². The molecule has 14 heterocycles. The molecule has 25 nitrogen and oxygen atoms in total. The van der Waals surface area contributed by atoms with Gasteiger partial charge in [-0.1, -0.05) is 95.8 Å². The normalized spacial score (nSPS) is 14.5. The number of fused-ring (bicyclic) bond motifs is 12. The summed E-state index contributed by atoms with van der Waals surface area (Å²) in [7, 11) is 8.45. The van der Waals surface area contributed by atoms with Crippen molar-refractivity contribution in [2.45, 2.75) is 97.9 Å². The van der Waals surface area contributed by atoms with E-state index in [2.05, 4.69) is 181 Å². The molecule has 6 aliphatic rings. The third kappa shape index (κ3) is 21.4. The van der Waals surface area contributed by atoms with Gasteiger partial charge in [-0.25, -0.2) is 49.8 Å². The van der Waals surface area contributed by atoms with Crippen LogP contribution in [0.15, 0.2) is 152 Å². The van der Waals surface area contributed by atoms with Crippen molar-refractivity contribution in [1.82, 2.24) is 74.9 Å². The standard InChI is InChI=1S/C25H28ClN7S.C25H28N6S.C22H23ClN6S.C17H13ClN6S/c1-15-20(6-7-22(28-15)33-10-8-18(9-11-33)32(2)3)30-25-27-14-16-12-23(34)29-21-13-17(26)4-5-19(21)24(16)31-25;1-15-3-5-20-22(11-15)29-23(32)13-18-14-27-25(31-24(18)20)30-21-6-4-19(28-16(21)2)12-17-7-9-26-10-8-17;1-13-18(8-14(11-24-13)6-7-29(2)3)27-22-25-12-15-9-20(30)26-19-10-16(23)4-5-17(19)21(15)28-22;18-10-1-3-12-13(6-10)23-15(25)5-9-7-21-17(24-16(9)12)22-11-2-4-14(19)20-8-11/h4-7,13-14,18H,8-12H2,1-3H3,(H,29,34)(H,27,30,31);3-6,11,14,17,26H,7-10,12-13H2,1-2H3,(H,29,32)(H,27,30,31);4-5,8,10-12H,6-7,9H2,1-3H3,(H,26,30)(H,25,27,28);1-4,6-8H,5H2,(H2,19,20)(H,23,25)(H,21,22,24). The summed E-state index contributed by atoms with van der Waals surface area (Å²) in [6, 6.07) is 38.0. The van der Waals surface area contributed by atoms with Crippen LogP contribution in [0.3, 0.4) is 0 Å². The van der Waals surface area contributed by atoms with Gasteiger partial charge in [-0.2, -0.15) is 0 Å². The van der Waals surface area contributed by atoms with Gasteiger partial charge in [-0.15, -0.1) is 0 Å². The number of aromatic nitrogens is 12. The molecule has 12 aromatic rings. The summed E-state index contributed by atoms with van der Waals surface area (Å²) in [5.74, 6) is 4.29. The Labute approximate surface area is 740 Å². The zero-order chi connectivity index (χ0) is 84.5. The lowest BCUT2D eigenvalue weighted by molar-refractivity contribution is 0.249. The first-order valence-electron chi connectivity index (χ1n) is 40.0. The number of nitrogen functional groups attached to an aromatic ring is 1. The van der Waals surface area contributed by atoms with Gasteiger partial charge in [-0.05, 0) is 228 Å². The van der Waals surface area contributed by atoms with E-state index in [-0.39, 0.29) is 0 Å². The molecule has 0 saturated carbocycles. The summed E-state index contributed by atoms with van der Waals surface area (Å²) in [6.45, 7) is 13.3. The van der Waals surface area contributed by atoms with Gasteiger partial charge in [0.25, 0.3) is 0 Å². The predicted octanol–water partition coefficient (Wildman–Crippen LogP) is 18.3. The summed E-state index contributed by atoms with van der Waals surface area (Å²) < 4.78 is 0. The van der Waals surface area contributed by atoms with Gasteiger partial charge in [0.15, 0.2) is 0 Å².